The van der Waals surface area contributed by atoms with E-state index in [0.717, 1.165) is 0 Å². The Kier molecular flexibility index (Phi) is 3.58. The number of pyridine rings is 1. The van der Waals surface area contributed by atoms with Crippen LogP contribution in [0.1, 0.15) is 30.1 Å². The lowest BCUT2D eigenvalue weighted by Gasteiger charge is -2.19. The molecule has 0 spiro atoms. The van der Waals surface area contributed by atoms with Gasteiger partial charge >= 0.3 is 0 Å². The lowest BCUT2D eigenvalue weighted by molar-refractivity contribution is 0.675. The van der Waals surface area contributed by atoms with Crippen LogP contribution in [0.3, 0.4) is 0 Å². The van der Waals surface area contributed by atoms with Crippen LogP contribution in [0.2, 0.25) is 5.02 Å². The maximum Gasteiger partial charge on any atom is 0.161 e. The van der Waals surface area contributed by atoms with E-state index in [-0.39, 0.29) is 11.7 Å². The van der Waals surface area contributed by atoms with Gasteiger partial charge in [0.25, 0.3) is 0 Å². The maximum absolute atomic E-state index is 8.99. The summed E-state index contributed by atoms with van der Waals surface area (Å²) in [7, 11) is 0. The van der Waals surface area contributed by atoms with E-state index in [2.05, 4.69) is 22.4 Å². The Morgan fingerprint density at radius 1 is 1.20 bits per heavy atom. The molecule has 1 aromatic heterocycles. The molecule has 1 saturated carbocycles. The van der Waals surface area contributed by atoms with Gasteiger partial charge < -0.3 is 5.32 Å². The van der Waals surface area contributed by atoms with Crippen molar-refractivity contribution in [1.82, 2.24) is 4.98 Å². The summed E-state index contributed by atoms with van der Waals surface area (Å²) in [5, 5.41) is 12.8. The molecule has 1 aliphatic rings. The summed E-state index contributed by atoms with van der Waals surface area (Å²) in [4.78, 5) is 4.26. The van der Waals surface area contributed by atoms with Crippen molar-refractivity contribution in [3.8, 4) is 6.07 Å². The van der Waals surface area contributed by atoms with Crippen LogP contribution in [-0.4, -0.2) is 4.98 Å². The largest absolute Gasteiger partial charge is 0.363 e. The molecule has 1 atom stereocenters. The van der Waals surface area contributed by atoms with Crippen molar-refractivity contribution in [3.63, 3.8) is 0 Å². The topological polar surface area (TPSA) is 48.7 Å². The predicted octanol–water partition coefficient (Wildman–Crippen LogP) is 4.17. The van der Waals surface area contributed by atoms with E-state index in [1.54, 1.807) is 6.07 Å². The van der Waals surface area contributed by atoms with Crippen molar-refractivity contribution in [2.45, 2.75) is 18.9 Å². The van der Waals surface area contributed by atoms with E-state index in [1.807, 2.05) is 30.3 Å². The maximum atomic E-state index is 8.99. The zero-order valence-electron chi connectivity index (χ0n) is 10.9. The number of nitriles is 1. The fourth-order valence-electron chi connectivity index (χ4n) is 2.32. The Balaban J connectivity index is 1.86. The number of hydrogen-bond donors (Lipinski definition) is 1. The van der Waals surface area contributed by atoms with Crippen LogP contribution in [0.5, 0.6) is 0 Å². The average Bonchev–Trinajstić information content (AvgIpc) is 3.32. The van der Waals surface area contributed by atoms with E-state index >= 15 is 0 Å². The molecule has 0 amide bonds. The first-order chi connectivity index (χ1) is 9.78. The molecule has 0 radical (unpaired) electrons. The van der Waals surface area contributed by atoms with Gasteiger partial charge in [0.2, 0.25) is 0 Å². The van der Waals surface area contributed by atoms with Crippen molar-refractivity contribution in [3.05, 3.63) is 58.7 Å². The van der Waals surface area contributed by atoms with Crippen molar-refractivity contribution >= 4 is 17.4 Å². The standard InChI is InChI=1S/C16H14ClN3/c17-13-8-9-15(19-14(13)10-18)20-16(12-6-7-12)11-4-2-1-3-5-11/h1-5,8-9,12,16H,6-7H2,(H,19,20). The summed E-state index contributed by atoms with van der Waals surface area (Å²) in [6.07, 6.45) is 2.45. The Morgan fingerprint density at radius 3 is 2.60 bits per heavy atom. The molecule has 3 rings (SSSR count). The van der Waals surface area contributed by atoms with Gasteiger partial charge in [-0.15, -0.1) is 0 Å². The molecule has 1 fully saturated rings. The summed E-state index contributed by atoms with van der Waals surface area (Å²) in [6.45, 7) is 0. The predicted molar refractivity (Wildman–Crippen MR) is 79.5 cm³/mol. The van der Waals surface area contributed by atoms with Crippen LogP contribution in [0.25, 0.3) is 0 Å². The van der Waals surface area contributed by atoms with Crippen molar-refractivity contribution < 1.29 is 0 Å². The normalized spacial score (nSPS) is 15.4. The molecule has 1 aromatic carbocycles. The number of nitrogens with one attached hydrogen (secondary N) is 1. The molecule has 4 heteroatoms. The van der Waals surface area contributed by atoms with Crippen molar-refractivity contribution in [2.75, 3.05) is 5.32 Å². The lowest BCUT2D eigenvalue weighted by atomic mass is 10.0. The van der Waals surface area contributed by atoms with E-state index in [4.69, 9.17) is 16.9 Å². The van der Waals surface area contributed by atoms with Crippen LogP contribution in [0.4, 0.5) is 5.82 Å². The van der Waals surface area contributed by atoms with Crippen LogP contribution >= 0.6 is 11.6 Å². The van der Waals surface area contributed by atoms with E-state index in [0.29, 0.717) is 16.8 Å². The zero-order valence-corrected chi connectivity index (χ0v) is 11.6. The second kappa shape index (κ2) is 5.52. The van der Waals surface area contributed by atoms with Crippen molar-refractivity contribution in [1.29, 1.82) is 5.26 Å². The highest BCUT2D eigenvalue weighted by Crippen LogP contribution is 2.42. The highest BCUT2D eigenvalue weighted by molar-refractivity contribution is 6.31. The fraction of sp³-hybridized carbons (Fsp3) is 0.250. The fourth-order valence-corrected chi connectivity index (χ4v) is 2.47. The summed E-state index contributed by atoms with van der Waals surface area (Å²) in [5.74, 6) is 1.34. The molecule has 100 valence electrons. The number of aromatic nitrogens is 1. The van der Waals surface area contributed by atoms with Gasteiger partial charge in [0.05, 0.1) is 11.1 Å². The molecule has 0 bridgehead atoms. The minimum Gasteiger partial charge on any atom is -0.363 e. The SMILES string of the molecule is N#Cc1nc(NC(c2ccccc2)C2CC2)ccc1Cl. The van der Waals surface area contributed by atoms with Gasteiger partial charge in [0.15, 0.2) is 5.69 Å². The Bertz CT molecular complexity index is 645. The highest BCUT2D eigenvalue weighted by Gasteiger charge is 2.32. The van der Waals surface area contributed by atoms with Crippen molar-refractivity contribution in [2.24, 2.45) is 5.92 Å². The minimum absolute atomic E-state index is 0.247. The van der Waals surface area contributed by atoms with E-state index < -0.39 is 0 Å². The second-order valence-electron chi connectivity index (χ2n) is 5.01. The molecule has 1 unspecified atom stereocenters. The van der Waals surface area contributed by atoms with Crippen LogP contribution in [0, 0.1) is 17.2 Å². The molecule has 1 heterocycles. The third-order valence-corrected chi connectivity index (χ3v) is 3.81. The number of anilines is 1. The summed E-state index contributed by atoms with van der Waals surface area (Å²) in [5.41, 5.74) is 1.52. The molecule has 20 heavy (non-hydrogen) atoms. The average molecular weight is 284 g/mol. The monoisotopic (exact) mass is 283 g/mol. The molecule has 0 aliphatic heterocycles. The number of rotatable bonds is 4. The Labute approximate surface area is 123 Å². The molecule has 2 aromatic rings. The van der Waals surface area contributed by atoms with Crippen LogP contribution < -0.4 is 5.32 Å². The zero-order chi connectivity index (χ0) is 13.9. The molecular weight excluding hydrogens is 270 g/mol. The van der Waals surface area contributed by atoms with Gasteiger partial charge in [-0.2, -0.15) is 5.26 Å². The molecule has 1 aliphatic carbocycles. The third kappa shape index (κ3) is 2.76. The number of halogens is 1. The number of hydrogen-bond acceptors (Lipinski definition) is 3. The van der Waals surface area contributed by atoms with E-state index in [1.165, 1.54) is 18.4 Å². The smallest absolute Gasteiger partial charge is 0.161 e. The van der Waals surface area contributed by atoms with Gasteiger partial charge in [-0.25, -0.2) is 4.98 Å². The molecule has 0 saturated heterocycles. The minimum atomic E-state index is 0.247. The van der Waals surface area contributed by atoms with E-state index in [9.17, 15) is 0 Å². The number of benzene rings is 1. The Hall–Kier alpha value is -2.05. The lowest BCUT2D eigenvalue weighted by Crippen LogP contribution is -2.14. The molecule has 3 nitrogen and oxygen atoms in total. The summed E-state index contributed by atoms with van der Waals surface area (Å²) in [6, 6.07) is 16.1. The quantitative estimate of drug-likeness (QED) is 0.916. The van der Waals surface area contributed by atoms with Gasteiger partial charge in [-0.1, -0.05) is 41.9 Å². The van der Waals surface area contributed by atoms with Gasteiger partial charge in [0.1, 0.15) is 11.9 Å². The first kappa shape index (κ1) is 13.0. The molecular formula is C16H14ClN3. The summed E-state index contributed by atoms with van der Waals surface area (Å²) < 4.78 is 0. The summed E-state index contributed by atoms with van der Waals surface area (Å²) >= 11 is 5.91. The molecule has 1 N–H and O–H groups in total. The van der Waals surface area contributed by atoms with Gasteiger partial charge in [0, 0.05) is 0 Å². The second-order valence-corrected chi connectivity index (χ2v) is 5.42. The highest BCUT2D eigenvalue weighted by atomic mass is 35.5. The van der Waals surface area contributed by atoms with Crippen LogP contribution in [0.15, 0.2) is 42.5 Å². The first-order valence-corrected chi connectivity index (χ1v) is 7.04. The van der Waals surface area contributed by atoms with Gasteiger partial charge in [-0.3, -0.25) is 0 Å². The van der Waals surface area contributed by atoms with Crippen LogP contribution in [-0.2, 0) is 0 Å². The third-order valence-electron chi connectivity index (χ3n) is 3.51. The number of nitrogens with zero attached hydrogens (tertiary/aromatic N) is 2. The first-order valence-electron chi connectivity index (χ1n) is 6.66. The van der Waals surface area contributed by atoms with Gasteiger partial charge in [-0.05, 0) is 36.5 Å². The Morgan fingerprint density at radius 2 is 1.95 bits per heavy atom.